The summed E-state index contributed by atoms with van der Waals surface area (Å²) < 4.78 is 49.7. The zero-order chi connectivity index (χ0) is 26.3. The van der Waals surface area contributed by atoms with Crippen LogP contribution in [0.3, 0.4) is 0 Å². The molecule has 0 saturated heterocycles. The number of Topliss-reactive ketones (excluding diaryl/α,β-unsaturated/α-hetero) is 1. The highest BCUT2D eigenvalue weighted by atomic mass is 35.5. The van der Waals surface area contributed by atoms with E-state index in [2.05, 4.69) is 10.6 Å². The molecule has 0 aromatic heterocycles. The van der Waals surface area contributed by atoms with Crippen molar-refractivity contribution in [2.75, 3.05) is 13.7 Å². The van der Waals surface area contributed by atoms with Crippen molar-refractivity contribution < 1.29 is 37.0 Å². The predicted molar refractivity (Wildman–Crippen MR) is 124 cm³/mol. The fourth-order valence-electron chi connectivity index (χ4n) is 3.35. The first-order valence-electron chi connectivity index (χ1n) is 10.5. The van der Waals surface area contributed by atoms with E-state index in [1.807, 2.05) is 0 Å². The number of nitrogens with one attached hydrogen (secondary N) is 2. The summed E-state index contributed by atoms with van der Waals surface area (Å²) in [5, 5.41) is 5.20. The molecule has 35 heavy (non-hydrogen) atoms. The lowest BCUT2D eigenvalue weighted by molar-refractivity contribution is -0.175. The maximum Gasteiger partial charge on any atom is 0.452 e. The van der Waals surface area contributed by atoms with Gasteiger partial charge in [-0.2, -0.15) is 13.2 Å². The summed E-state index contributed by atoms with van der Waals surface area (Å²) >= 11 is 11.8. The van der Waals surface area contributed by atoms with Crippen LogP contribution in [0.4, 0.5) is 13.2 Å². The van der Waals surface area contributed by atoms with E-state index in [1.165, 1.54) is 39.2 Å². The average molecular weight is 537 g/mol. The Labute approximate surface area is 210 Å². The summed E-state index contributed by atoms with van der Waals surface area (Å²) in [5.74, 6) is -4.56. The van der Waals surface area contributed by atoms with E-state index in [9.17, 15) is 27.6 Å². The van der Waals surface area contributed by atoms with Gasteiger partial charge >= 0.3 is 6.18 Å². The number of carbonyl (C=O) groups excluding carboxylic acids is 3. The van der Waals surface area contributed by atoms with Crippen LogP contribution < -0.4 is 15.4 Å². The van der Waals surface area contributed by atoms with Crippen molar-refractivity contribution >= 4 is 40.8 Å². The number of allylic oxidation sites excluding steroid dienone is 3. The molecular weight excluding hydrogens is 512 g/mol. The quantitative estimate of drug-likeness (QED) is 0.466. The minimum absolute atomic E-state index is 0.190. The van der Waals surface area contributed by atoms with Gasteiger partial charge in [-0.05, 0) is 30.2 Å². The summed E-state index contributed by atoms with van der Waals surface area (Å²) in [7, 11) is 1.43. The topological polar surface area (TPSA) is 93.7 Å². The number of hydrogen-bond acceptors (Lipinski definition) is 5. The molecule has 1 unspecified atom stereocenters. The predicted octanol–water partition coefficient (Wildman–Crippen LogP) is 4.24. The highest BCUT2D eigenvalue weighted by Crippen LogP contribution is 2.26. The Morgan fingerprint density at radius 2 is 1.74 bits per heavy atom. The normalized spacial score (nSPS) is 17.3. The molecule has 2 amide bonds. The van der Waals surface area contributed by atoms with Crippen LogP contribution in [0.25, 0.3) is 0 Å². The molecule has 0 heterocycles. The minimum atomic E-state index is -5.14. The molecule has 0 saturated carbocycles. The summed E-state index contributed by atoms with van der Waals surface area (Å²) in [4.78, 5) is 37.5. The second kappa shape index (κ2) is 12.3. The van der Waals surface area contributed by atoms with Gasteiger partial charge in [-0.15, -0.1) is 0 Å². The van der Waals surface area contributed by atoms with Gasteiger partial charge in [0.25, 0.3) is 11.7 Å². The zero-order valence-electron chi connectivity index (χ0n) is 19.1. The fourth-order valence-corrected chi connectivity index (χ4v) is 3.86. The van der Waals surface area contributed by atoms with E-state index in [-0.39, 0.29) is 22.2 Å². The molecule has 1 aliphatic carbocycles. The fraction of sp³-hybridized carbons (Fsp3) is 0.435. The number of alkyl halides is 3. The van der Waals surface area contributed by atoms with Gasteiger partial charge < -0.3 is 20.1 Å². The van der Waals surface area contributed by atoms with Crippen LogP contribution in [0, 0.1) is 11.8 Å². The first-order valence-corrected chi connectivity index (χ1v) is 11.3. The number of ether oxygens (including phenoxy) is 2. The van der Waals surface area contributed by atoms with Crippen molar-refractivity contribution in [2.45, 2.75) is 38.5 Å². The monoisotopic (exact) mass is 536 g/mol. The minimum Gasteiger partial charge on any atom is -0.501 e. The van der Waals surface area contributed by atoms with E-state index in [1.54, 1.807) is 18.2 Å². The summed E-state index contributed by atoms with van der Waals surface area (Å²) in [6, 6.07) is 1.20. The van der Waals surface area contributed by atoms with Crippen molar-refractivity contribution in [3.8, 4) is 5.75 Å². The molecule has 2 rings (SSSR count). The number of rotatable bonds is 10. The molecule has 1 aromatic rings. The van der Waals surface area contributed by atoms with Crippen LogP contribution in [-0.2, 0) is 19.1 Å². The molecule has 0 aliphatic heterocycles. The number of carbonyl (C=O) groups is 3. The molecule has 2 N–H and O–H groups in total. The molecule has 7 nitrogen and oxygen atoms in total. The Bertz CT molecular complexity index is 991. The van der Waals surface area contributed by atoms with E-state index in [0.717, 1.165) is 0 Å². The van der Waals surface area contributed by atoms with Gasteiger partial charge in [-0.1, -0.05) is 49.2 Å². The van der Waals surface area contributed by atoms with Crippen LogP contribution in [0.5, 0.6) is 5.75 Å². The van der Waals surface area contributed by atoms with Gasteiger partial charge in [-0.25, -0.2) is 0 Å². The first-order chi connectivity index (χ1) is 16.3. The molecule has 0 bridgehead atoms. The molecule has 1 aromatic carbocycles. The third-order valence-corrected chi connectivity index (χ3v) is 5.54. The van der Waals surface area contributed by atoms with Crippen LogP contribution in [-0.4, -0.2) is 49.6 Å². The molecular formula is C23H25Cl2F3N2O5. The highest BCUT2D eigenvalue weighted by Gasteiger charge is 2.46. The number of amides is 2. The summed E-state index contributed by atoms with van der Waals surface area (Å²) in [6.07, 6.45) is -0.0753. The number of ketones is 1. The van der Waals surface area contributed by atoms with Crippen molar-refractivity contribution in [1.29, 1.82) is 0 Å². The molecule has 1 aliphatic rings. The first kappa shape index (κ1) is 28.5. The van der Waals surface area contributed by atoms with Crippen molar-refractivity contribution in [3.05, 3.63) is 52.2 Å². The van der Waals surface area contributed by atoms with Crippen molar-refractivity contribution in [2.24, 2.45) is 11.8 Å². The maximum absolute atomic E-state index is 13.1. The van der Waals surface area contributed by atoms with Crippen molar-refractivity contribution in [3.63, 3.8) is 0 Å². The number of benzene rings is 1. The summed E-state index contributed by atoms with van der Waals surface area (Å²) in [6.45, 7) is 2.22. The number of halogens is 5. The Kier molecular flexibility index (Phi) is 10.0. The third-order valence-electron chi connectivity index (χ3n) is 5.10. The molecule has 0 spiro atoms. The lowest BCUT2D eigenvalue weighted by Gasteiger charge is -2.30. The molecule has 12 heteroatoms. The summed E-state index contributed by atoms with van der Waals surface area (Å²) in [5.41, 5.74) is 0. The van der Waals surface area contributed by atoms with Gasteiger partial charge in [0.05, 0.1) is 18.9 Å². The van der Waals surface area contributed by atoms with Gasteiger partial charge in [0.15, 0.2) is 6.61 Å². The molecule has 192 valence electrons. The van der Waals surface area contributed by atoms with Gasteiger partial charge in [0.1, 0.15) is 11.8 Å². The maximum atomic E-state index is 13.1. The molecule has 0 radical (unpaired) electrons. The van der Waals surface area contributed by atoms with E-state index >= 15 is 0 Å². The standard InChI is InChI=1S/C23H25Cl2F3N2O5/c1-12(2)19(21(32)23(26,27)28)30-22(33)20(13-5-4-6-16(7-13)34-3)29-18(31)11-35-17-9-14(24)8-15(25)10-17/h4-6,8-10,12-13,19-20H,7,11H2,1-3H3,(H,29,31)(H,30,33)/t13?,19-,20-/m0/s1. The highest BCUT2D eigenvalue weighted by molar-refractivity contribution is 6.34. The van der Waals surface area contributed by atoms with E-state index < -0.39 is 54.3 Å². The Morgan fingerprint density at radius 1 is 1.11 bits per heavy atom. The second-order valence-electron chi connectivity index (χ2n) is 8.12. The van der Waals surface area contributed by atoms with Crippen LogP contribution >= 0.6 is 23.2 Å². The van der Waals surface area contributed by atoms with Gasteiger partial charge in [0, 0.05) is 22.4 Å². The SMILES string of the molecule is COC1=CC=CC([C@H](NC(=O)COc2cc(Cl)cc(Cl)c2)C(=O)N[C@H](C(=O)C(F)(F)F)C(C)C)C1. The third kappa shape index (κ3) is 8.47. The smallest absolute Gasteiger partial charge is 0.452 e. The van der Waals surface area contributed by atoms with E-state index in [0.29, 0.717) is 5.76 Å². The van der Waals surface area contributed by atoms with Gasteiger partial charge in [0.2, 0.25) is 5.91 Å². The number of methoxy groups -OCH3 is 1. The molecule has 0 fully saturated rings. The lowest BCUT2D eigenvalue weighted by atomic mass is 9.90. The van der Waals surface area contributed by atoms with Crippen molar-refractivity contribution in [1.82, 2.24) is 10.6 Å². The lowest BCUT2D eigenvalue weighted by Crippen LogP contribution is -2.57. The Balaban J connectivity index is 2.20. The Morgan fingerprint density at radius 3 is 2.29 bits per heavy atom. The Hall–Kier alpha value is -2.72. The largest absolute Gasteiger partial charge is 0.501 e. The molecule has 3 atom stereocenters. The second-order valence-corrected chi connectivity index (χ2v) is 8.99. The average Bonchev–Trinajstić information content (AvgIpc) is 2.77. The zero-order valence-corrected chi connectivity index (χ0v) is 20.6. The number of hydrogen-bond donors (Lipinski definition) is 2. The van der Waals surface area contributed by atoms with Crippen LogP contribution in [0.15, 0.2) is 42.2 Å². The van der Waals surface area contributed by atoms with Crippen LogP contribution in [0.1, 0.15) is 20.3 Å². The van der Waals surface area contributed by atoms with Crippen LogP contribution in [0.2, 0.25) is 10.0 Å². The van der Waals surface area contributed by atoms with E-state index in [4.69, 9.17) is 32.7 Å². The van der Waals surface area contributed by atoms with Gasteiger partial charge in [-0.3, -0.25) is 14.4 Å².